The van der Waals surface area contributed by atoms with Crippen LogP contribution < -0.4 is 4.74 Å². The lowest BCUT2D eigenvalue weighted by Gasteiger charge is -2.28. The lowest BCUT2D eigenvalue weighted by atomic mass is 9.79. The lowest BCUT2D eigenvalue weighted by Crippen LogP contribution is -2.38. The Morgan fingerprint density at radius 3 is 2.41 bits per heavy atom. The smallest absolute Gasteiger partial charge is 0.330 e. The average Bonchev–Trinajstić information content (AvgIpc) is 2.70. The van der Waals surface area contributed by atoms with Crippen LogP contribution in [0.4, 0.5) is 0 Å². The molecule has 1 N–H and O–H groups in total. The molecule has 0 bridgehead atoms. The summed E-state index contributed by atoms with van der Waals surface area (Å²) < 4.78 is 16.0. The van der Waals surface area contributed by atoms with Gasteiger partial charge in [-0.2, -0.15) is 0 Å². The van der Waals surface area contributed by atoms with Crippen LogP contribution in [0, 0.1) is 11.8 Å². The molecule has 0 amide bonds. The van der Waals surface area contributed by atoms with Crippen molar-refractivity contribution in [1.82, 2.24) is 0 Å². The third kappa shape index (κ3) is 6.44. The average molecular weight is 376 g/mol. The summed E-state index contributed by atoms with van der Waals surface area (Å²) in [6, 6.07) is 8.93. The molecule has 27 heavy (non-hydrogen) atoms. The highest BCUT2D eigenvalue weighted by molar-refractivity contribution is 5.82. The summed E-state index contributed by atoms with van der Waals surface area (Å²) in [5.41, 5.74) is 0. The molecule has 7 heteroatoms. The monoisotopic (exact) mass is 376 g/mol. The van der Waals surface area contributed by atoms with Gasteiger partial charge in [0.2, 0.25) is 0 Å². The highest BCUT2D eigenvalue weighted by atomic mass is 16.6. The number of para-hydroxylation sites is 1. The minimum Gasteiger partial charge on any atom is -0.490 e. The van der Waals surface area contributed by atoms with Crippen LogP contribution in [0.1, 0.15) is 25.7 Å². The molecule has 3 unspecified atom stereocenters. The first kappa shape index (κ1) is 20.5. The molecule has 7 nitrogen and oxygen atoms in total. The summed E-state index contributed by atoms with van der Waals surface area (Å²) in [7, 11) is 0. The summed E-state index contributed by atoms with van der Waals surface area (Å²) in [4.78, 5) is 35.3. The molecule has 0 saturated heterocycles. The number of rotatable bonds is 9. The Hall–Kier alpha value is -2.83. The molecule has 1 aromatic carbocycles. The van der Waals surface area contributed by atoms with Crippen molar-refractivity contribution < 1.29 is 33.7 Å². The fraction of sp³-hybridized carbons (Fsp3) is 0.450. The second-order valence-electron chi connectivity index (χ2n) is 6.35. The van der Waals surface area contributed by atoms with Crippen molar-refractivity contribution in [3.8, 4) is 5.75 Å². The normalized spacial score (nSPS) is 20.1. The zero-order chi connectivity index (χ0) is 19.6. The molecule has 2 rings (SSSR count). The zero-order valence-electron chi connectivity index (χ0n) is 15.0. The van der Waals surface area contributed by atoms with Crippen LogP contribution in [0.2, 0.25) is 0 Å². The van der Waals surface area contributed by atoms with Crippen molar-refractivity contribution in [1.29, 1.82) is 0 Å². The molecule has 146 valence electrons. The van der Waals surface area contributed by atoms with E-state index in [0.717, 1.165) is 18.9 Å². The molecule has 1 saturated carbocycles. The van der Waals surface area contributed by atoms with Crippen LogP contribution in [0.3, 0.4) is 0 Å². The SMILES string of the molecule is C=CC(=O)OCC(COc1ccccc1)OC(=O)C1CCCCC1C(=O)O. The van der Waals surface area contributed by atoms with E-state index in [2.05, 4.69) is 6.58 Å². The lowest BCUT2D eigenvalue weighted by molar-refractivity contribution is -0.169. The fourth-order valence-corrected chi connectivity index (χ4v) is 3.02. The van der Waals surface area contributed by atoms with Gasteiger partial charge in [-0.1, -0.05) is 37.6 Å². The second kappa shape index (κ2) is 10.4. The third-order valence-corrected chi connectivity index (χ3v) is 4.43. The summed E-state index contributed by atoms with van der Waals surface area (Å²) in [6.45, 7) is 3.09. The van der Waals surface area contributed by atoms with Crippen molar-refractivity contribution in [2.24, 2.45) is 11.8 Å². The number of aliphatic carboxylic acids is 1. The van der Waals surface area contributed by atoms with Gasteiger partial charge in [0.15, 0.2) is 6.10 Å². The number of esters is 2. The van der Waals surface area contributed by atoms with Crippen molar-refractivity contribution in [3.05, 3.63) is 43.0 Å². The van der Waals surface area contributed by atoms with Gasteiger partial charge in [0.05, 0.1) is 11.8 Å². The van der Waals surface area contributed by atoms with Crippen LogP contribution >= 0.6 is 0 Å². The van der Waals surface area contributed by atoms with Crippen LogP contribution in [-0.4, -0.2) is 42.3 Å². The fourth-order valence-electron chi connectivity index (χ4n) is 3.02. The van der Waals surface area contributed by atoms with E-state index in [9.17, 15) is 19.5 Å². The van der Waals surface area contributed by atoms with Crippen molar-refractivity contribution in [3.63, 3.8) is 0 Å². The number of ether oxygens (including phenoxy) is 3. The van der Waals surface area contributed by atoms with E-state index in [-0.39, 0.29) is 13.2 Å². The van der Waals surface area contributed by atoms with Gasteiger partial charge < -0.3 is 19.3 Å². The molecule has 0 aliphatic heterocycles. The molecule has 0 heterocycles. The Kier molecular flexibility index (Phi) is 7.85. The van der Waals surface area contributed by atoms with Gasteiger partial charge in [0.25, 0.3) is 0 Å². The van der Waals surface area contributed by atoms with E-state index in [1.807, 2.05) is 6.07 Å². The van der Waals surface area contributed by atoms with Crippen molar-refractivity contribution >= 4 is 17.9 Å². The molecular weight excluding hydrogens is 352 g/mol. The van der Waals surface area contributed by atoms with E-state index >= 15 is 0 Å². The summed E-state index contributed by atoms with van der Waals surface area (Å²) >= 11 is 0. The third-order valence-electron chi connectivity index (χ3n) is 4.43. The van der Waals surface area contributed by atoms with Gasteiger partial charge in [0.1, 0.15) is 19.0 Å². The molecule has 0 radical (unpaired) electrons. The number of carboxylic acid groups (broad SMARTS) is 1. The highest BCUT2D eigenvalue weighted by Gasteiger charge is 2.37. The maximum Gasteiger partial charge on any atom is 0.330 e. The van der Waals surface area contributed by atoms with Crippen LogP contribution in [0.25, 0.3) is 0 Å². The van der Waals surface area contributed by atoms with Crippen molar-refractivity contribution in [2.75, 3.05) is 13.2 Å². The molecule has 1 aliphatic carbocycles. The number of carbonyl (C=O) groups is 3. The molecule has 3 atom stereocenters. The molecular formula is C20H24O7. The number of hydrogen-bond acceptors (Lipinski definition) is 6. The summed E-state index contributed by atoms with van der Waals surface area (Å²) in [5, 5.41) is 9.34. The number of carboxylic acids is 1. The minimum absolute atomic E-state index is 0.0232. The maximum atomic E-state index is 12.5. The Labute approximate surface area is 157 Å². The van der Waals surface area contributed by atoms with Crippen LogP contribution in [0.5, 0.6) is 5.75 Å². The first-order chi connectivity index (χ1) is 13.0. The quantitative estimate of drug-likeness (QED) is 0.522. The Bertz CT molecular complexity index is 656. The standard InChI is InChI=1S/C20H24O7/c1-2-18(21)26-13-15(12-25-14-8-4-3-5-9-14)27-20(24)17-11-7-6-10-16(17)19(22)23/h2-5,8-9,15-17H,1,6-7,10-13H2,(H,22,23). The number of benzene rings is 1. The zero-order valence-corrected chi connectivity index (χ0v) is 15.0. The number of carbonyl (C=O) groups excluding carboxylic acids is 2. The largest absolute Gasteiger partial charge is 0.490 e. The van der Waals surface area contributed by atoms with Crippen LogP contribution in [-0.2, 0) is 23.9 Å². The topological polar surface area (TPSA) is 99.1 Å². The minimum atomic E-state index is -0.994. The van der Waals surface area contributed by atoms with E-state index in [0.29, 0.717) is 18.6 Å². The first-order valence-corrected chi connectivity index (χ1v) is 8.91. The van der Waals surface area contributed by atoms with Crippen LogP contribution in [0.15, 0.2) is 43.0 Å². The van der Waals surface area contributed by atoms with E-state index < -0.39 is 35.8 Å². The van der Waals surface area contributed by atoms with Gasteiger partial charge in [-0.05, 0) is 25.0 Å². The van der Waals surface area contributed by atoms with Gasteiger partial charge in [-0.3, -0.25) is 9.59 Å². The van der Waals surface area contributed by atoms with E-state index in [4.69, 9.17) is 14.2 Å². The van der Waals surface area contributed by atoms with E-state index in [1.54, 1.807) is 24.3 Å². The Morgan fingerprint density at radius 2 is 1.78 bits per heavy atom. The first-order valence-electron chi connectivity index (χ1n) is 8.91. The highest BCUT2D eigenvalue weighted by Crippen LogP contribution is 2.31. The Balaban J connectivity index is 2.00. The number of hydrogen-bond donors (Lipinski definition) is 1. The summed E-state index contributed by atoms with van der Waals surface area (Å²) in [5.74, 6) is -3.11. The Morgan fingerprint density at radius 1 is 1.11 bits per heavy atom. The molecule has 1 fully saturated rings. The van der Waals surface area contributed by atoms with E-state index in [1.165, 1.54) is 0 Å². The molecule has 0 spiro atoms. The van der Waals surface area contributed by atoms with Gasteiger partial charge >= 0.3 is 17.9 Å². The summed E-state index contributed by atoms with van der Waals surface area (Å²) in [6.07, 6.45) is 2.63. The van der Waals surface area contributed by atoms with Gasteiger partial charge in [-0.25, -0.2) is 4.79 Å². The van der Waals surface area contributed by atoms with Gasteiger partial charge in [0, 0.05) is 6.08 Å². The molecule has 0 aromatic heterocycles. The molecule has 1 aromatic rings. The predicted octanol–water partition coefficient (Wildman–Crippen LogP) is 2.60. The van der Waals surface area contributed by atoms with Crippen molar-refractivity contribution in [2.45, 2.75) is 31.8 Å². The molecule has 1 aliphatic rings. The van der Waals surface area contributed by atoms with Gasteiger partial charge in [-0.15, -0.1) is 0 Å². The maximum absolute atomic E-state index is 12.5. The predicted molar refractivity (Wildman–Crippen MR) is 96.1 cm³/mol. The second-order valence-corrected chi connectivity index (χ2v) is 6.35.